The van der Waals surface area contributed by atoms with Crippen molar-refractivity contribution in [2.75, 3.05) is 11.8 Å². The summed E-state index contributed by atoms with van der Waals surface area (Å²) in [6, 6.07) is 12.3. The van der Waals surface area contributed by atoms with Crippen molar-refractivity contribution >= 4 is 37.7 Å². The van der Waals surface area contributed by atoms with Gasteiger partial charge < -0.3 is 9.26 Å². The number of benzene rings is 2. The average Bonchev–Trinajstić information content (AvgIpc) is 3.43. The first-order valence-corrected chi connectivity index (χ1v) is 11.3. The van der Waals surface area contributed by atoms with E-state index in [-0.39, 0.29) is 10.7 Å². The number of hydrogen-bond donors (Lipinski definition) is 1. The quantitative estimate of drug-likeness (QED) is 0.420. The van der Waals surface area contributed by atoms with E-state index in [1.165, 1.54) is 13.2 Å². The van der Waals surface area contributed by atoms with Gasteiger partial charge in [0, 0.05) is 24.0 Å². The lowest BCUT2D eigenvalue weighted by Gasteiger charge is -2.10. The van der Waals surface area contributed by atoms with Crippen molar-refractivity contribution in [1.82, 2.24) is 19.9 Å². The normalized spacial score (nSPS) is 11.8. The fourth-order valence-electron chi connectivity index (χ4n) is 3.68. The first kappa shape index (κ1) is 20.0. The molecule has 0 saturated carbocycles. The third kappa shape index (κ3) is 3.44. The van der Waals surface area contributed by atoms with Crippen LogP contribution in [0.1, 0.15) is 11.1 Å². The molecule has 0 amide bonds. The van der Waals surface area contributed by atoms with E-state index in [4.69, 9.17) is 9.26 Å². The molecule has 0 aliphatic heterocycles. The van der Waals surface area contributed by atoms with Crippen LogP contribution in [0.5, 0.6) is 5.75 Å². The summed E-state index contributed by atoms with van der Waals surface area (Å²) in [5, 5.41) is 9.36. The molecule has 10 heteroatoms. The number of aromatic nitrogens is 4. The Morgan fingerprint density at radius 3 is 2.81 bits per heavy atom. The lowest BCUT2D eigenvalue weighted by molar-refractivity contribution is 0.418. The molecule has 2 aromatic carbocycles. The third-order valence-electron chi connectivity index (χ3n) is 5.19. The van der Waals surface area contributed by atoms with Crippen molar-refractivity contribution < 1.29 is 17.7 Å². The molecule has 0 aliphatic carbocycles. The molecular formula is C22H19N5O4S. The summed E-state index contributed by atoms with van der Waals surface area (Å²) in [5.74, 6) is 0.489. The molecule has 3 aromatic heterocycles. The first-order valence-electron chi connectivity index (χ1n) is 9.77. The van der Waals surface area contributed by atoms with Gasteiger partial charge in [0.1, 0.15) is 16.0 Å². The number of nitrogens with zero attached hydrogens (tertiary/aromatic N) is 4. The molecule has 0 saturated heterocycles. The number of fused-ring (bicyclic) bond motifs is 2. The molecule has 0 atom stereocenters. The van der Waals surface area contributed by atoms with E-state index < -0.39 is 10.0 Å². The summed E-state index contributed by atoms with van der Waals surface area (Å²) in [7, 11) is -2.49. The zero-order valence-electron chi connectivity index (χ0n) is 17.3. The maximum absolute atomic E-state index is 13.3. The van der Waals surface area contributed by atoms with E-state index in [2.05, 4.69) is 20.0 Å². The summed E-state index contributed by atoms with van der Waals surface area (Å²) in [4.78, 5) is 4.34. The predicted molar refractivity (Wildman–Crippen MR) is 119 cm³/mol. The molecule has 0 spiro atoms. The number of methoxy groups -OCH3 is 1. The van der Waals surface area contributed by atoms with Gasteiger partial charge in [0.05, 0.1) is 19.2 Å². The Bertz CT molecular complexity index is 1540. The Balaban J connectivity index is 1.56. The van der Waals surface area contributed by atoms with Gasteiger partial charge in [-0.1, -0.05) is 17.3 Å². The van der Waals surface area contributed by atoms with Gasteiger partial charge in [-0.2, -0.15) is 5.10 Å². The fourth-order valence-corrected chi connectivity index (χ4v) is 4.86. The van der Waals surface area contributed by atoms with Gasteiger partial charge in [0.2, 0.25) is 0 Å². The summed E-state index contributed by atoms with van der Waals surface area (Å²) in [5.41, 5.74) is 2.60. The van der Waals surface area contributed by atoms with Gasteiger partial charge in [-0.25, -0.2) is 8.42 Å². The molecule has 32 heavy (non-hydrogen) atoms. The lowest BCUT2D eigenvalue weighted by Crippen LogP contribution is -2.14. The minimum atomic E-state index is -4.00. The molecule has 0 unspecified atom stereocenters. The number of anilines is 1. The largest absolute Gasteiger partial charge is 0.496 e. The van der Waals surface area contributed by atoms with Gasteiger partial charge in [0.25, 0.3) is 10.0 Å². The van der Waals surface area contributed by atoms with Gasteiger partial charge in [0.15, 0.2) is 11.4 Å². The highest BCUT2D eigenvalue weighted by atomic mass is 32.2. The molecule has 5 aromatic rings. The maximum atomic E-state index is 13.3. The van der Waals surface area contributed by atoms with Gasteiger partial charge in [-0.15, -0.1) is 0 Å². The second-order valence-corrected chi connectivity index (χ2v) is 8.94. The molecule has 5 rings (SSSR count). The zero-order chi connectivity index (χ0) is 22.3. The van der Waals surface area contributed by atoms with Crippen molar-refractivity contribution in [3.8, 4) is 5.75 Å². The van der Waals surface area contributed by atoms with Crippen LogP contribution >= 0.6 is 0 Å². The maximum Gasteiger partial charge on any atom is 0.265 e. The molecule has 0 bridgehead atoms. The van der Waals surface area contributed by atoms with Crippen LogP contribution in [-0.4, -0.2) is 35.4 Å². The molecular weight excluding hydrogens is 430 g/mol. The molecule has 0 fully saturated rings. The number of hydrogen-bond acceptors (Lipinski definition) is 7. The van der Waals surface area contributed by atoms with E-state index in [0.717, 1.165) is 16.5 Å². The van der Waals surface area contributed by atoms with Crippen LogP contribution in [0, 0.1) is 6.92 Å². The Morgan fingerprint density at radius 2 is 2.03 bits per heavy atom. The molecule has 162 valence electrons. The zero-order valence-corrected chi connectivity index (χ0v) is 18.1. The minimum absolute atomic E-state index is 0.0483. The predicted octanol–water partition coefficient (Wildman–Crippen LogP) is 3.74. The summed E-state index contributed by atoms with van der Waals surface area (Å²) in [6.07, 6.45) is 5.13. The summed E-state index contributed by atoms with van der Waals surface area (Å²) < 4.78 is 41.8. The highest BCUT2D eigenvalue weighted by Gasteiger charge is 2.24. The van der Waals surface area contributed by atoms with Crippen LogP contribution < -0.4 is 9.46 Å². The lowest BCUT2D eigenvalue weighted by atomic mass is 10.1. The molecule has 3 heterocycles. The van der Waals surface area contributed by atoms with Crippen molar-refractivity contribution in [1.29, 1.82) is 0 Å². The standard InChI is InChI=1S/C22H19N5O4S/c1-14-7-9-23-21-16(14)5-3-6-19(21)32(28,29)26-22-20-17(30-2)11-15(12-18(20)31-25-22)13-27-10-4-8-24-27/h3-12H,13H2,1-2H3,(H,25,26). The summed E-state index contributed by atoms with van der Waals surface area (Å²) >= 11 is 0. The van der Waals surface area contributed by atoms with Gasteiger partial charge in [-0.3, -0.25) is 14.4 Å². The van der Waals surface area contributed by atoms with Gasteiger partial charge in [-0.05, 0) is 48.4 Å². The number of rotatable bonds is 6. The number of aryl methyl sites for hydroxylation is 1. The van der Waals surface area contributed by atoms with Crippen LogP contribution in [0.15, 0.2) is 70.5 Å². The highest BCUT2D eigenvalue weighted by Crippen LogP contribution is 2.35. The Morgan fingerprint density at radius 1 is 1.16 bits per heavy atom. The van der Waals surface area contributed by atoms with Crippen molar-refractivity contribution in [2.45, 2.75) is 18.4 Å². The molecule has 9 nitrogen and oxygen atoms in total. The van der Waals surface area contributed by atoms with E-state index in [1.54, 1.807) is 29.2 Å². The second-order valence-electron chi connectivity index (χ2n) is 7.29. The Kier molecular flexibility index (Phi) is 4.78. The van der Waals surface area contributed by atoms with Crippen LogP contribution in [0.2, 0.25) is 0 Å². The van der Waals surface area contributed by atoms with Crippen molar-refractivity contribution in [2.24, 2.45) is 0 Å². The van der Waals surface area contributed by atoms with E-state index >= 15 is 0 Å². The fraction of sp³-hybridized carbons (Fsp3) is 0.136. The smallest absolute Gasteiger partial charge is 0.265 e. The number of sulfonamides is 1. The van der Waals surface area contributed by atoms with Gasteiger partial charge >= 0.3 is 0 Å². The molecule has 1 N–H and O–H groups in total. The Hall–Kier alpha value is -3.92. The Labute approximate surface area is 183 Å². The van der Waals surface area contributed by atoms with Crippen molar-refractivity contribution in [3.63, 3.8) is 0 Å². The van der Waals surface area contributed by atoms with Crippen LogP contribution in [0.25, 0.3) is 21.9 Å². The highest BCUT2D eigenvalue weighted by molar-refractivity contribution is 7.93. The number of pyridine rings is 1. The SMILES string of the molecule is COc1cc(Cn2cccn2)cc2onc(NS(=O)(=O)c3cccc4c(C)ccnc34)c12. The van der Waals surface area contributed by atoms with Crippen molar-refractivity contribution in [3.05, 3.63) is 72.2 Å². The molecule has 0 radical (unpaired) electrons. The number of para-hydroxylation sites is 1. The van der Waals surface area contributed by atoms with Crippen LogP contribution in [0.3, 0.4) is 0 Å². The van der Waals surface area contributed by atoms with E-state index in [0.29, 0.717) is 28.8 Å². The molecule has 0 aliphatic rings. The monoisotopic (exact) mass is 449 g/mol. The number of ether oxygens (including phenoxy) is 1. The van der Waals surface area contributed by atoms with E-state index in [1.807, 2.05) is 37.4 Å². The second kappa shape index (κ2) is 7.65. The topological polar surface area (TPSA) is 112 Å². The third-order valence-corrected chi connectivity index (χ3v) is 6.56. The number of nitrogens with one attached hydrogen (secondary N) is 1. The first-order chi connectivity index (χ1) is 15.5. The average molecular weight is 449 g/mol. The summed E-state index contributed by atoms with van der Waals surface area (Å²) in [6.45, 7) is 2.41. The van der Waals surface area contributed by atoms with Crippen LogP contribution in [-0.2, 0) is 16.6 Å². The van der Waals surface area contributed by atoms with Crippen LogP contribution in [0.4, 0.5) is 5.82 Å². The minimum Gasteiger partial charge on any atom is -0.496 e. The van der Waals surface area contributed by atoms with E-state index in [9.17, 15) is 8.42 Å².